The SMILES string of the molecule is CCCCCCCC=CC=C(C)C(=O)OC(C)C. The molecule has 0 unspecified atom stereocenters. The molecule has 0 aromatic carbocycles. The number of carbonyl (C=O) groups excluding carboxylic acids is 1. The second-order valence-electron chi connectivity index (χ2n) is 4.93. The van der Waals surface area contributed by atoms with E-state index < -0.39 is 0 Å². The number of allylic oxidation sites excluding steroid dienone is 3. The van der Waals surface area contributed by atoms with E-state index in [9.17, 15) is 4.79 Å². The van der Waals surface area contributed by atoms with Crippen molar-refractivity contribution in [2.24, 2.45) is 0 Å². The van der Waals surface area contributed by atoms with Crippen LogP contribution in [-0.2, 0) is 9.53 Å². The van der Waals surface area contributed by atoms with Crippen molar-refractivity contribution in [2.75, 3.05) is 0 Å². The van der Waals surface area contributed by atoms with Gasteiger partial charge in [-0.05, 0) is 33.6 Å². The lowest BCUT2D eigenvalue weighted by Crippen LogP contribution is -2.11. The molecule has 18 heavy (non-hydrogen) atoms. The van der Waals surface area contributed by atoms with E-state index in [1.54, 1.807) is 6.92 Å². The van der Waals surface area contributed by atoms with Crippen LogP contribution in [-0.4, -0.2) is 12.1 Å². The second kappa shape index (κ2) is 11.1. The zero-order valence-corrected chi connectivity index (χ0v) is 12.4. The highest BCUT2D eigenvalue weighted by atomic mass is 16.5. The molecular formula is C16H28O2. The molecule has 0 saturated carbocycles. The molecule has 0 fully saturated rings. The van der Waals surface area contributed by atoms with Gasteiger partial charge in [0.25, 0.3) is 0 Å². The van der Waals surface area contributed by atoms with E-state index >= 15 is 0 Å². The lowest BCUT2D eigenvalue weighted by atomic mass is 10.1. The monoisotopic (exact) mass is 252 g/mol. The van der Waals surface area contributed by atoms with Crippen LogP contribution in [0.5, 0.6) is 0 Å². The van der Waals surface area contributed by atoms with Crippen LogP contribution in [0.2, 0.25) is 0 Å². The molecule has 0 rings (SSSR count). The highest BCUT2D eigenvalue weighted by Crippen LogP contribution is 2.06. The molecule has 104 valence electrons. The standard InChI is InChI=1S/C16H28O2/c1-5-6-7-8-9-10-11-12-13-15(4)16(17)18-14(2)3/h11-14H,5-10H2,1-4H3. The fourth-order valence-corrected chi connectivity index (χ4v) is 1.55. The Morgan fingerprint density at radius 2 is 1.83 bits per heavy atom. The molecule has 0 aliphatic carbocycles. The Kier molecular flexibility index (Phi) is 10.4. The Morgan fingerprint density at radius 3 is 2.44 bits per heavy atom. The maximum Gasteiger partial charge on any atom is 0.333 e. The lowest BCUT2D eigenvalue weighted by Gasteiger charge is -2.06. The minimum atomic E-state index is -0.224. The molecule has 0 atom stereocenters. The van der Waals surface area contributed by atoms with Crippen LogP contribution in [0.1, 0.15) is 66.2 Å². The summed E-state index contributed by atoms with van der Waals surface area (Å²) in [6.45, 7) is 7.73. The van der Waals surface area contributed by atoms with Gasteiger partial charge in [-0.2, -0.15) is 0 Å². The van der Waals surface area contributed by atoms with Gasteiger partial charge < -0.3 is 4.74 Å². The minimum absolute atomic E-state index is 0.0524. The molecule has 0 aromatic rings. The first-order valence-electron chi connectivity index (χ1n) is 7.12. The van der Waals surface area contributed by atoms with Crippen molar-refractivity contribution in [2.45, 2.75) is 72.3 Å². The number of ether oxygens (including phenoxy) is 1. The van der Waals surface area contributed by atoms with Gasteiger partial charge in [0.1, 0.15) is 0 Å². The number of hydrogen-bond donors (Lipinski definition) is 0. The molecular weight excluding hydrogens is 224 g/mol. The third-order valence-electron chi connectivity index (χ3n) is 2.62. The van der Waals surface area contributed by atoms with E-state index in [0.717, 1.165) is 6.42 Å². The van der Waals surface area contributed by atoms with Gasteiger partial charge in [0, 0.05) is 5.57 Å². The predicted octanol–water partition coefficient (Wildman–Crippen LogP) is 4.80. The lowest BCUT2D eigenvalue weighted by molar-refractivity contribution is -0.142. The maximum absolute atomic E-state index is 11.5. The number of esters is 1. The quantitative estimate of drug-likeness (QED) is 0.255. The van der Waals surface area contributed by atoms with Crippen LogP contribution in [0.3, 0.4) is 0 Å². The average molecular weight is 252 g/mol. The van der Waals surface area contributed by atoms with Crippen molar-refractivity contribution in [3.05, 3.63) is 23.8 Å². The fourth-order valence-electron chi connectivity index (χ4n) is 1.55. The van der Waals surface area contributed by atoms with Crippen molar-refractivity contribution < 1.29 is 9.53 Å². The average Bonchev–Trinajstić information content (AvgIpc) is 2.31. The third kappa shape index (κ3) is 10.1. The van der Waals surface area contributed by atoms with E-state index in [1.807, 2.05) is 26.0 Å². The molecule has 0 spiro atoms. The molecule has 0 heterocycles. The summed E-state index contributed by atoms with van der Waals surface area (Å²) in [5.74, 6) is -0.224. The first-order valence-corrected chi connectivity index (χ1v) is 7.12. The Labute approximate surface area is 112 Å². The summed E-state index contributed by atoms with van der Waals surface area (Å²) in [5.41, 5.74) is 0.658. The van der Waals surface area contributed by atoms with Crippen LogP contribution in [0.15, 0.2) is 23.8 Å². The number of unbranched alkanes of at least 4 members (excludes halogenated alkanes) is 5. The Morgan fingerprint density at radius 1 is 1.17 bits per heavy atom. The Hall–Kier alpha value is -1.05. The smallest absolute Gasteiger partial charge is 0.333 e. The number of carbonyl (C=O) groups is 1. The van der Waals surface area contributed by atoms with E-state index in [0.29, 0.717) is 5.57 Å². The summed E-state index contributed by atoms with van der Waals surface area (Å²) in [4.78, 5) is 11.5. The molecule has 0 aliphatic heterocycles. The second-order valence-corrected chi connectivity index (χ2v) is 4.93. The highest BCUT2D eigenvalue weighted by Gasteiger charge is 2.05. The van der Waals surface area contributed by atoms with Crippen LogP contribution in [0.4, 0.5) is 0 Å². The van der Waals surface area contributed by atoms with Gasteiger partial charge in [-0.15, -0.1) is 0 Å². The molecule has 0 aromatic heterocycles. The topological polar surface area (TPSA) is 26.3 Å². The number of rotatable bonds is 9. The van der Waals surface area contributed by atoms with Gasteiger partial charge in [0.2, 0.25) is 0 Å². The summed E-state index contributed by atoms with van der Waals surface area (Å²) in [5, 5.41) is 0. The Balaban J connectivity index is 3.74. The first kappa shape index (κ1) is 16.9. The fraction of sp³-hybridized carbons (Fsp3) is 0.688. The molecule has 0 aliphatic rings. The van der Waals surface area contributed by atoms with E-state index in [-0.39, 0.29) is 12.1 Å². The van der Waals surface area contributed by atoms with E-state index in [4.69, 9.17) is 4.74 Å². The van der Waals surface area contributed by atoms with Crippen LogP contribution >= 0.6 is 0 Å². The highest BCUT2D eigenvalue weighted by molar-refractivity contribution is 5.88. The van der Waals surface area contributed by atoms with Gasteiger partial charge in [-0.3, -0.25) is 0 Å². The Bertz CT molecular complexity index is 275. The van der Waals surface area contributed by atoms with Gasteiger partial charge in [-0.1, -0.05) is 50.8 Å². The van der Waals surface area contributed by atoms with Crippen LogP contribution in [0.25, 0.3) is 0 Å². The van der Waals surface area contributed by atoms with E-state index in [1.165, 1.54) is 32.1 Å². The molecule has 0 amide bonds. The van der Waals surface area contributed by atoms with Crippen LogP contribution in [0, 0.1) is 0 Å². The van der Waals surface area contributed by atoms with Gasteiger partial charge >= 0.3 is 5.97 Å². The van der Waals surface area contributed by atoms with Crippen LogP contribution < -0.4 is 0 Å². The summed E-state index contributed by atoms with van der Waals surface area (Å²) >= 11 is 0. The van der Waals surface area contributed by atoms with Crippen molar-refractivity contribution in [1.82, 2.24) is 0 Å². The first-order chi connectivity index (χ1) is 8.57. The molecule has 0 N–H and O–H groups in total. The zero-order valence-electron chi connectivity index (χ0n) is 12.4. The summed E-state index contributed by atoms with van der Waals surface area (Å²) in [6, 6.07) is 0. The predicted molar refractivity (Wildman–Crippen MR) is 77.5 cm³/mol. The van der Waals surface area contributed by atoms with Gasteiger partial charge in [0.15, 0.2) is 0 Å². The summed E-state index contributed by atoms with van der Waals surface area (Å²) in [7, 11) is 0. The van der Waals surface area contributed by atoms with Crippen molar-refractivity contribution in [3.8, 4) is 0 Å². The number of hydrogen-bond acceptors (Lipinski definition) is 2. The largest absolute Gasteiger partial charge is 0.460 e. The summed E-state index contributed by atoms with van der Waals surface area (Å²) < 4.78 is 5.09. The van der Waals surface area contributed by atoms with Crippen molar-refractivity contribution >= 4 is 5.97 Å². The van der Waals surface area contributed by atoms with Gasteiger partial charge in [0.05, 0.1) is 6.10 Å². The van der Waals surface area contributed by atoms with Crippen molar-refractivity contribution in [1.29, 1.82) is 0 Å². The van der Waals surface area contributed by atoms with E-state index in [2.05, 4.69) is 13.0 Å². The minimum Gasteiger partial charge on any atom is -0.460 e. The molecule has 2 nitrogen and oxygen atoms in total. The third-order valence-corrected chi connectivity index (χ3v) is 2.62. The molecule has 0 bridgehead atoms. The molecule has 2 heteroatoms. The zero-order chi connectivity index (χ0) is 13.8. The van der Waals surface area contributed by atoms with Gasteiger partial charge in [-0.25, -0.2) is 4.79 Å². The normalized spacial score (nSPS) is 12.4. The maximum atomic E-state index is 11.5. The summed E-state index contributed by atoms with van der Waals surface area (Å²) in [6.07, 6.45) is 13.4. The molecule has 0 saturated heterocycles. The van der Waals surface area contributed by atoms with Crippen molar-refractivity contribution in [3.63, 3.8) is 0 Å². The molecule has 0 radical (unpaired) electrons.